The molecule has 0 aromatic carbocycles. The van der Waals surface area contributed by atoms with Crippen LogP contribution in [0.1, 0.15) is 13.8 Å². The Morgan fingerprint density at radius 3 is 1.67 bits per heavy atom. The van der Waals surface area contributed by atoms with Gasteiger partial charge in [-0.3, -0.25) is 14.4 Å². The zero-order valence-electron chi connectivity index (χ0n) is 14.8. The standard InChI is InChI=1S/C14H26N4O9/c1-5(21)9(17-11(23)7(15)3-19)13(25)16-8(4-20)12(24)18-10(6(2)22)14(26)27/h5-10,19-22H,3-4,15H2,1-2H3,(H,16,25)(H,17,23)(H,18,24)(H,26,27)/t5-,6-,7+,8+,9+,10+/m1/s1. The van der Waals surface area contributed by atoms with E-state index in [1.165, 1.54) is 0 Å². The number of aliphatic carboxylic acids is 1. The molecule has 0 aromatic rings. The molecule has 13 heteroatoms. The zero-order valence-corrected chi connectivity index (χ0v) is 14.8. The number of amides is 3. The number of carbonyl (C=O) groups is 4. The Bertz CT molecular complexity index is 541. The number of nitrogens with two attached hydrogens (primary N) is 1. The van der Waals surface area contributed by atoms with Gasteiger partial charge in [-0.05, 0) is 13.8 Å². The number of rotatable bonds is 11. The van der Waals surface area contributed by atoms with Crippen LogP contribution < -0.4 is 21.7 Å². The maximum Gasteiger partial charge on any atom is 0.328 e. The lowest BCUT2D eigenvalue weighted by Crippen LogP contribution is -2.61. The van der Waals surface area contributed by atoms with E-state index >= 15 is 0 Å². The molecule has 0 saturated carbocycles. The maximum atomic E-state index is 12.2. The van der Waals surface area contributed by atoms with Gasteiger partial charge in [0.25, 0.3) is 0 Å². The number of aliphatic hydroxyl groups excluding tert-OH is 4. The van der Waals surface area contributed by atoms with Crippen molar-refractivity contribution in [3.63, 3.8) is 0 Å². The average molecular weight is 394 g/mol. The lowest BCUT2D eigenvalue weighted by Gasteiger charge is -2.25. The largest absolute Gasteiger partial charge is 0.480 e. The van der Waals surface area contributed by atoms with Crippen LogP contribution >= 0.6 is 0 Å². The highest BCUT2D eigenvalue weighted by Crippen LogP contribution is 1.99. The van der Waals surface area contributed by atoms with Gasteiger partial charge in [0.2, 0.25) is 17.7 Å². The topological polar surface area (TPSA) is 232 Å². The molecule has 3 amide bonds. The van der Waals surface area contributed by atoms with Crippen LogP contribution in [0.2, 0.25) is 0 Å². The molecule has 0 fully saturated rings. The van der Waals surface area contributed by atoms with Crippen LogP contribution in [0.4, 0.5) is 0 Å². The third kappa shape index (κ3) is 7.84. The maximum absolute atomic E-state index is 12.2. The van der Waals surface area contributed by atoms with Crippen molar-refractivity contribution in [3.05, 3.63) is 0 Å². The Kier molecular flexibility index (Phi) is 10.4. The second-order valence-electron chi connectivity index (χ2n) is 5.82. The van der Waals surface area contributed by atoms with Gasteiger partial charge in [-0.15, -0.1) is 0 Å². The monoisotopic (exact) mass is 394 g/mol. The Morgan fingerprint density at radius 2 is 1.30 bits per heavy atom. The molecule has 0 aliphatic rings. The van der Waals surface area contributed by atoms with Crippen LogP contribution in [-0.2, 0) is 19.2 Å². The van der Waals surface area contributed by atoms with E-state index in [0.717, 1.165) is 13.8 Å². The van der Waals surface area contributed by atoms with Gasteiger partial charge in [0.15, 0.2) is 6.04 Å². The normalized spacial score (nSPS) is 17.6. The number of carboxylic acid groups (broad SMARTS) is 1. The number of aliphatic hydroxyl groups is 4. The molecule has 0 aliphatic heterocycles. The van der Waals surface area contributed by atoms with E-state index in [1.54, 1.807) is 0 Å². The SMILES string of the molecule is C[C@@H](O)[C@H](NC(=O)[C@H](CO)NC(=O)[C@@H](NC(=O)[C@@H](N)CO)[C@@H](C)O)C(=O)O. The molecule has 0 saturated heterocycles. The molecule has 0 radical (unpaired) electrons. The average Bonchev–Trinajstić information content (AvgIpc) is 2.59. The Balaban J connectivity index is 5.13. The van der Waals surface area contributed by atoms with Gasteiger partial charge in [0, 0.05) is 0 Å². The molecule has 6 atom stereocenters. The fourth-order valence-electron chi connectivity index (χ4n) is 1.85. The summed E-state index contributed by atoms with van der Waals surface area (Å²) in [4.78, 5) is 46.9. The minimum atomic E-state index is -1.68. The van der Waals surface area contributed by atoms with Crippen molar-refractivity contribution >= 4 is 23.7 Å². The van der Waals surface area contributed by atoms with E-state index in [1.807, 2.05) is 10.6 Å². The number of nitrogens with one attached hydrogen (secondary N) is 3. The summed E-state index contributed by atoms with van der Waals surface area (Å²) in [5, 5.41) is 52.1. The first-order valence-electron chi connectivity index (χ1n) is 7.93. The van der Waals surface area contributed by atoms with Crippen LogP contribution in [0.3, 0.4) is 0 Å². The summed E-state index contributed by atoms with van der Waals surface area (Å²) in [7, 11) is 0. The number of hydrogen-bond donors (Lipinski definition) is 9. The zero-order chi connectivity index (χ0) is 21.3. The lowest BCUT2D eigenvalue weighted by atomic mass is 10.1. The number of carboxylic acids is 1. The van der Waals surface area contributed by atoms with Gasteiger partial charge in [-0.1, -0.05) is 0 Å². The van der Waals surface area contributed by atoms with E-state index in [9.17, 15) is 34.5 Å². The second kappa shape index (κ2) is 11.4. The van der Waals surface area contributed by atoms with Crippen molar-refractivity contribution in [1.82, 2.24) is 16.0 Å². The first-order valence-corrected chi connectivity index (χ1v) is 7.93. The third-order valence-electron chi connectivity index (χ3n) is 3.46. The van der Waals surface area contributed by atoms with Crippen LogP contribution in [0.5, 0.6) is 0 Å². The molecule has 0 aliphatic carbocycles. The Morgan fingerprint density at radius 1 is 0.815 bits per heavy atom. The predicted octanol–water partition coefficient (Wildman–Crippen LogP) is -5.40. The molecule has 27 heavy (non-hydrogen) atoms. The summed E-state index contributed by atoms with van der Waals surface area (Å²) >= 11 is 0. The smallest absolute Gasteiger partial charge is 0.328 e. The summed E-state index contributed by atoms with van der Waals surface area (Å²) in [6.07, 6.45) is -2.88. The first kappa shape index (κ1) is 24.7. The predicted molar refractivity (Wildman–Crippen MR) is 88.9 cm³/mol. The van der Waals surface area contributed by atoms with Gasteiger partial charge in [0.1, 0.15) is 18.1 Å². The van der Waals surface area contributed by atoms with Gasteiger partial charge in [-0.25, -0.2) is 4.79 Å². The van der Waals surface area contributed by atoms with Crippen molar-refractivity contribution in [2.45, 2.75) is 50.2 Å². The van der Waals surface area contributed by atoms with E-state index in [-0.39, 0.29) is 0 Å². The van der Waals surface area contributed by atoms with E-state index < -0.39 is 73.3 Å². The molecule has 13 nitrogen and oxygen atoms in total. The molecule has 0 bridgehead atoms. The lowest BCUT2D eigenvalue weighted by molar-refractivity contribution is -0.145. The highest BCUT2D eigenvalue weighted by Gasteiger charge is 2.33. The van der Waals surface area contributed by atoms with Crippen molar-refractivity contribution in [2.24, 2.45) is 5.73 Å². The molecule has 10 N–H and O–H groups in total. The van der Waals surface area contributed by atoms with Crippen molar-refractivity contribution in [2.75, 3.05) is 13.2 Å². The van der Waals surface area contributed by atoms with Crippen molar-refractivity contribution in [3.8, 4) is 0 Å². The van der Waals surface area contributed by atoms with Crippen LogP contribution in [0.15, 0.2) is 0 Å². The van der Waals surface area contributed by atoms with Gasteiger partial charge >= 0.3 is 5.97 Å². The Labute approximate surface area is 154 Å². The molecular formula is C14H26N4O9. The Hall–Kier alpha value is -2.32. The fourth-order valence-corrected chi connectivity index (χ4v) is 1.85. The molecule has 0 spiro atoms. The highest BCUT2D eigenvalue weighted by molar-refractivity contribution is 5.94. The molecule has 156 valence electrons. The molecule has 0 rings (SSSR count). The molecule has 0 unspecified atom stereocenters. The summed E-state index contributed by atoms with van der Waals surface area (Å²) in [5.41, 5.74) is 5.29. The molecular weight excluding hydrogens is 368 g/mol. The summed E-state index contributed by atoms with van der Waals surface area (Å²) < 4.78 is 0. The summed E-state index contributed by atoms with van der Waals surface area (Å²) in [6, 6.07) is -6.22. The van der Waals surface area contributed by atoms with Crippen molar-refractivity contribution in [1.29, 1.82) is 0 Å². The quantitative estimate of drug-likeness (QED) is 0.161. The summed E-state index contributed by atoms with van der Waals surface area (Å²) in [5.74, 6) is -4.65. The van der Waals surface area contributed by atoms with Gasteiger partial charge < -0.3 is 47.2 Å². The minimum absolute atomic E-state index is 0.711. The second-order valence-corrected chi connectivity index (χ2v) is 5.82. The van der Waals surface area contributed by atoms with E-state index in [2.05, 4.69) is 5.32 Å². The summed E-state index contributed by atoms with van der Waals surface area (Å²) in [6.45, 7) is 0.643. The fraction of sp³-hybridized carbons (Fsp3) is 0.714. The van der Waals surface area contributed by atoms with Crippen LogP contribution in [0, 0.1) is 0 Å². The van der Waals surface area contributed by atoms with E-state index in [0.29, 0.717) is 0 Å². The molecule has 0 heterocycles. The van der Waals surface area contributed by atoms with Crippen molar-refractivity contribution < 1.29 is 44.7 Å². The minimum Gasteiger partial charge on any atom is -0.480 e. The third-order valence-corrected chi connectivity index (χ3v) is 3.46. The van der Waals surface area contributed by atoms with Crippen LogP contribution in [0.25, 0.3) is 0 Å². The van der Waals surface area contributed by atoms with Gasteiger partial charge in [-0.2, -0.15) is 0 Å². The molecule has 0 aromatic heterocycles. The highest BCUT2D eigenvalue weighted by atomic mass is 16.4. The van der Waals surface area contributed by atoms with Crippen LogP contribution in [-0.4, -0.2) is 98.8 Å². The number of hydrogen-bond acceptors (Lipinski definition) is 9. The first-order chi connectivity index (χ1) is 12.5. The van der Waals surface area contributed by atoms with Gasteiger partial charge in [0.05, 0.1) is 25.4 Å². The number of carbonyl (C=O) groups excluding carboxylic acids is 3. The van der Waals surface area contributed by atoms with E-state index in [4.69, 9.17) is 15.9 Å².